The molecule has 0 spiro atoms. The van der Waals surface area contributed by atoms with Gasteiger partial charge in [-0.1, -0.05) is 29.8 Å². The fourth-order valence-corrected chi connectivity index (χ4v) is 2.64. The van der Waals surface area contributed by atoms with Crippen molar-refractivity contribution in [2.45, 2.75) is 6.54 Å². The molecular formula is C17H14ClN5O2S. The highest BCUT2D eigenvalue weighted by Crippen LogP contribution is 2.17. The highest BCUT2D eigenvalue weighted by atomic mass is 35.5. The molecule has 0 fully saturated rings. The molecule has 0 aliphatic rings. The lowest BCUT2D eigenvalue weighted by atomic mass is 10.2. The fraction of sp³-hybridized carbons (Fsp3) is 0.0588. The van der Waals surface area contributed by atoms with Gasteiger partial charge in [-0.3, -0.25) is 14.8 Å². The SMILES string of the molecule is O=[N+]([O-])c1cccc(NC(=S)Nc2cnn(Cc3ccc(Cl)cc3)c2)c1. The van der Waals surface area contributed by atoms with Crippen LogP contribution < -0.4 is 10.6 Å². The second-order valence-electron chi connectivity index (χ2n) is 5.44. The van der Waals surface area contributed by atoms with Crippen molar-refractivity contribution < 1.29 is 4.92 Å². The van der Waals surface area contributed by atoms with Gasteiger partial charge in [-0.25, -0.2) is 0 Å². The molecule has 1 heterocycles. The number of aromatic nitrogens is 2. The van der Waals surface area contributed by atoms with E-state index in [2.05, 4.69) is 15.7 Å². The first-order chi connectivity index (χ1) is 12.5. The molecule has 0 bridgehead atoms. The number of hydrogen-bond acceptors (Lipinski definition) is 4. The second-order valence-corrected chi connectivity index (χ2v) is 6.28. The minimum atomic E-state index is -0.456. The molecule has 2 aromatic carbocycles. The van der Waals surface area contributed by atoms with Gasteiger partial charge < -0.3 is 10.6 Å². The van der Waals surface area contributed by atoms with Crippen LogP contribution in [0.25, 0.3) is 0 Å². The molecule has 0 aliphatic heterocycles. The first kappa shape index (κ1) is 17.8. The van der Waals surface area contributed by atoms with E-state index in [1.54, 1.807) is 23.0 Å². The van der Waals surface area contributed by atoms with Gasteiger partial charge in [-0.05, 0) is 36.0 Å². The Morgan fingerprint density at radius 1 is 1.19 bits per heavy atom. The van der Waals surface area contributed by atoms with E-state index in [0.717, 1.165) is 5.56 Å². The van der Waals surface area contributed by atoms with E-state index in [0.29, 0.717) is 28.1 Å². The van der Waals surface area contributed by atoms with Gasteiger partial charge in [-0.2, -0.15) is 5.10 Å². The highest BCUT2D eigenvalue weighted by Gasteiger charge is 2.07. The Bertz CT molecular complexity index is 942. The predicted molar refractivity (Wildman–Crippen MR) is 106 cm³/mol. The van der Waals surface area contributed by atoms with Crippen LogP contribution in [0, 0.1) is 10.1 Å². The molecule has 0 radical (unpaired) electrons. The Morgan fingerprint density at radius 2 is 1.92 bits per heavy atom. The normalized spacial score (nSPS) is 10.3. The minimum absolute atomic E-state index is 0.00594. The van der Waals surface area contributed by atoms with Crippen LogP contribution in [-0.4, -0.2) is 19.8 Å². The summed E-state index contributed by atoms with van der Waals surface area (Å²) in [5.41, 5.74) is 2.31. The molecule has 0 amide bonds. The number of rotatable bonds is 5. The number of non-ortho nitro benzene ring substituents is 1. The van der Waals surface area contributed by atoms with Gasteiger partial charge in [0.15, 0.2) is 5.11 Å². The van der Waals surface area contributed by atoms with E-state index < -0.39 is 4.92 Å². The maximum absolute atomic E-state index is 10.8. The third kappa shape index (κ3) is 4.78. The molecular weight excluding hydrogens is 374 g/mol. The summed E-state index contributed by atoms with van der Waals surface area (Å²) in [7, 11) is 0. The van der Waals surface area contributed by atoms with Crippen molar-refractivity contribution in [1.82, 2.24) is 9.78 Å². The Hall–Kier alpha value is -2.97. The average molecular weight is 388 g/mol. The van der Waals surface area contributed by atoms with Gasteiger partial charge in [0, 0.05) is 29.0 Å². The van der Waals surface area contributed by atoms with Crippen LogP contribution >= 0.6 is 23.8 Å². The lowest BCUT2D eigenvalue weighted by Gasteiger charge is -2.08. The number of nitro groups is 1. The number of benzene rings is 2. The number of hydrogen-bond donors (Lipinski definition) is 2. The summed E-state index contributed by atoms with van der Waals surface area (Å²) in [5.74, 6) is 0. The molecule has 0 unspecified atom stereocenters. The first-order valence-electron chi connectivity index (χ1n) is 7.59. The zero-order chi connectivity index (χ0) is 18.5. The Balaban J connectivity index is 1.60. The fourth-order valence-electron chi connectivity index (χ4n) is 2.28. The van der Waals surface area contributed by atoms with Gasteiger partial charge in [0.05, 0.1) is 23.4 Å². The molecule has 0 saturated carbocycles. The molecule has 0 saturated heterocycles. The number of thiocarbonyl (C=S) groups is 1. The van der Waals surface area contributed by atoms with E-state index in [-0.39, 0.29) is 5.69 Å². The molecule has 3 rings (SSSR count). The lowest BCUT2D eigenvalue weighted by Crippen LogP contribution is -2.18. The van der Waals surface area contributed by atoms with Crippen molar-refractivity contribution >= 4 is 46.0 Å². The van der Waals surface area contributed by atoms with E-state index in [1.807, 2.05) is 30.5 Å². The molecule has 9 heteroatoms. The number of nitro benzene ring substituents is 1. The number of nitrogens with one attached hydrogen (secondary N) is 2. The van der Waals surface area contributed by atoms with E-state index in [4.69, 9.17) is 23.8 Å². The van der Waals surface area contributed by atoms with Crippen LogP contribution in [0.2, 0.25) is 5.02 Å². The van der Waals surface area contributed by atoms with Crippen LogP contribution in [0.5, 0.6) is 0 Å². The summed E-state index contributed by atoms with van der Waals surface area (Å²) >= 11 is 11.1. The maximum Gasteiger partial charge on any atom is 0.271 e. The monoisotopic (exact) mass is 387 g/mol. The molecule has 1 aromatic heterocycles. The largest absolute Gasteiger partial charge is 0.332 e. The van der Waals surface area contributed by atoms with Crippen molar-refractivity contribution in [1.29, 1.82) is 0 Å². The smallest absolute Gasteiger partial charge is 0.271 e. The summed E-state index contributed by atoms with van der Waals surface area (Å²) in [6.45, 7) is 0.601. The van der Waals surface area contributed by atoms with Crippen molar-refractivity contribution in [3.8, 4) is 0 Å². The van der Waals surface area contributed by atoms with Crippen LogP contribution in [0.15, 0.2) is 60.9 Å². The van der Waals surface area contributed by atoms with Crippen molar-refractivity contribution in [3.05, 3.63) is 81.6 Å². The molecule has 26 heavy (non-hydrogen) atoms. The summed E-state index contributed by atoms with van der Waals surface area (Å²) in [6.07, 6.45) is 3.47. The molecule has 2 N–H and O–H groups in total. The van der Waals surface area contributed by atoms with Crippen molar-refractivity contribution in [2.24, 2.45) is 0 Å². The second kappa shape index (κ2) is 7.94. The minimum Gasteiger partial charge on any atom is -0.332 e. The first-order valence-corrected chi connectivity index (χ1v) is 8.37. The van der Waals surface area contributed by atoms with E-state index in [9.17, 15) is 10.1 Å². The molecule has 3 aromatic rings. The zero-order valence-corrected chi connectivity index (χ0v) is 15.0. The average Bonchev–Trinajstić information content (AvgIpc) is 3.04. The quantitative estimate of drug-likeness (QED) is 0.385. The van der Waals surface area contributed by atoms with Gasteiger partial charge >= 0.3 is 0 Å². The number of halogens is 1. The van der Waals surface area contributed by atoms with Crippen LogP contribution in [0.1, 0.15) is 5.56 Å². The number of anilines is 2. The van der Waals surface area contributed by atoms with Gasteiger partial charge in [-0.15, -0.1) is 0 Å². The number of nitrogens with zero attached hydrogens (tertiary/aromatic N) is 3. The van der Waals surface area contributed by atoms with Crippen molar-refractivity contribution in [2.75, 3.05) is 10.6 Å². The van der Waals surface area contributed by atoms with Gasteiger partial charge in [0.2, 0.25) is 0 Å². The molecule has 132 valence electrons. The van der Waals surface area contributed by atoms with Gasteiger partial charge in [0.1, 0.15) is 0 Å². The van der Waals surface area contributed by atoms with E-state index >= 15 is 0 Å². The van der Waals surface area contributed by atoms with Crippen LogP contribution in [0.3, 0.4) is 0 Å². The van der Waals surface area contributed by atoms with Crippen LogP contribution in [-0.2, 0) is 6.54 Å². The summed E-state index contributed by atoms with van der Waals surface area (Å²) in [4.78, 5) is 10.4. The molecule has 0 aliphatic carbocycles. The topological polar surface area (TPSA) is 85.0 Å². The molecule has 7 nitrogen and oxygen atoms in total. The standard InChI is InChI=1S/C17H14ClN5O2S/c18-13-6-4-12(5-7-13)10-22-11-15(9-19-22)21-17(26)20-14-2-1-3-16(8-14)23(24)25/h1-9,11H,10H2,(H2,20,21,26). The van der Waals surface area contributed by atoms with Crippen LogP contribution in [0.4, 0.5) is 17.1 Å². The lowest BCUT2D eigenvalue weighted by molar-refractivity contribution is -0.384. The van der Waals surface area contributed by atoms with Gasteiger partial charge in [0.25, 0.3) is 5.69 Å². The third-order valence-corrected chi connectivity index (χ3v) is 3.92. The zero-order valence-electron chi connectivity index (χ0n) is 13.4. The Labute approximate surface area is 159 Å². The van der Waals surface area contributed by atoms with Crippen molar-refractivity contribution in [3.63, 3.8) is 0 Å². The Morgan fingerprint density at radius 3 is 2.65 bits per heavy atom. The van der Waals surface area contributed by atoms with E-state index in [1.165, 1.54) is 12.1 Å². The summed E-state index contributed by atoms with van der Waals surface area (Å²) in [6, 6.07) is 13.7. The molecule has 0 atom stereocenters. The summed E-state index contributed by atoms with van der Waals surface area (Å²) in [5, 5.41) is 22.0. The Kier molecular flexibility index (Phi) is 5.45. The maximum atomic E-state index is 10.8. The third-order valence-electron chi connectivity index (χ3n) is 3.46. The summed E-state index contributed by atoms with van der Waals surface area (Å²) < 4.78 is 1.77. The highest BCUT2D eigenvalue weighted by molar-refractivity contribution is 7.80. The predicted octanol–water partition coefficient (Wildman–Crippen LogP) is 4.30.